The summed E-state index contributed by atoms with van der Waals surface area (Å²) in [7, 11) is 0. The zero-order valence-electron chi connectivity index (χ0n) is 16.1. The van der Waals surface area contributed by atoms with Gasteiger partial charge >= 0.3 is 6.03 Å². The van der Waals surface area contributed by atoms with Crippen LogP contribution in [0.5, 0.6) is 5.75 Å². The van der Waals surface area contributed by atoms with Crippen molar-refractivity contribution in [3.63, 3.8) is 0 Å². The van der Waals surface area contributed by atoms with Crippen LogP contribution in [0.15, 0.2) is 60.7 Å². The molecular weight excluding hydrogens is 350 g/mol. The summed E-state index contributed by atoms with van der Waals surface area (Å²) >= 11 is 0. The number of amides is 2. The van der Waals surface area contributed by atoms with E-state index in [4.69, 9.17) is 0 Å². The third-order valence-electron chi connectivity index (χ3n) is 5.68. The molecule has 4 rings (SSSR count). The van der Waals surface area contributed by atoms with Gasteiger partial charge in [-0.3, -0.25) is 0 Å². The molecule has 2 aromatic carbocycles. The van der Waals surface area contributed by atoms with Crippen molar-refractivity contribution in [2.45, 2.75) is 12.8 Å². The van der Waals surface area contributed by atoms with Gasteiger partial charge in [0, 0.05) is 38.4 Å². The maximum Gasteiger partial charge on any atom is 0.317 e. The van der Waals surface area contributed by atoms with E-state index in [0.29, 0.717) is 12.5 Å². The number of benzene rings is 2. The molecule has 2 heterocycles. The van der Waals surface area contributed by atoms with Crippen LogP contribution in [-0.2, 0) is 0 Å². The molecular formula is C23H27N3O2. The minimum atomic E-state index is 0.0270. The van der Waals surface area contributed by atoms with E-state index in [9.17, 15) is 9.90 Å². The lowest BCUT2D eigenvalue weighted by Crippen LogP contribution is -2.44. The fourth-order valence-corrected chi connectivity index (χ4v) is 4.01. The quantitative estimate of drug-likeness (QED) is 0.854. The maximum atomic E-state index is 12.5. The molecule has 0 saturated carbocycles. The van der Waals surface area contributed by atoms with Crippen molar-refractivity contribution in [2.24, 2.45) is 5.92 Å². The van der Waals surface area contributed by atoms with Gasteiger partial charge in [0.2, 0.25) is 0 Å². The average molecular weight is 377 g/mol. The predicted molar refractivity (Wildman–Crippen MR) is 112 cm³/mol. The fraction of sp³-hybridized carbons (Fsp3) is 0.348. The summed E-state index contributed by atoms with van der Waals surface area (Å²) < 4.78 is 0. The molecule has 5 heteroatoms. The van der Waals surface area contributed by atoms with Gasteiger partial charge in [-0.25, -0.2) is 4.79 Å². The average Bonchev–Trinajstić information content (AvgIpc) is 3.22. The first-order valence-corrected chi connectivity index (χ1v) is 10.0. The Labute approximate surface area is 166 Å². The number of anilines is 1. The van der Waals surface area contributed by atoms with Crippen molar-refractivity contribution >= 4 is 17.3 Å². The molecule has 1 saturated heterocycles. The normalized spacial score (nSPS) is 19.4. The molecule has 5 nitrogen and oxygen atoms in total. The molecule has 2 N–H and O–H groups in total. The minimum absolute atomic E-state index is 0.0270. The van der Waals surface area contributed by atoms with E-state index >= 15 is 0 Å². The SMILES string of the molecule is O=C(NC[C@@H]1CCN(c2ccccc2)C1)N1CC=C(c2ccc(O)cc2)CC1. The van der Waals surface area contributed by atoms with Gasteiger partial charge in [0.1, 0.15) is 5.75 Å². The van der Waals surface area contributed by atoms with Gasteiger partial charge in [-0.15, -0.1) is 0 Å². The monoisotopic (exact) mass is 377 g/mol. The number of hydrogen-bond donors (Lipinski definition) is 2. The number of phenols is 1. The Morgan fingerprint density at radius 2 is 1.86 bits per heavy atom. The molecule has 2 aliphatic rings. The second-order valence-electron chi connectivity index (χ2n) is 7.59. The van der Waals surface area contributed by atoms with Gasteiger partial charge in [-0.1, -0.05) is 36.4 Å². The molecule has 0 bridgehead atoms. The minimum Gasteiger partial charge on any atom is -0.508 e. The van der Waals surface area contributed by atoms with E-state index in [1.54, 1.807) is 12.1 Å². The lowest BCUT2D eigenvalue weighted by atomic mass is 9.99. The second kappa shape index (κ2) is 8.38. The van der Waals surface area contributed by atoms with Gasteiger partial charge in [0.05, 0.1) is 0 Å². The third kappa shape index (κ3) is 4.30. The van der Waals surface area contributed by atoms with Crippen LogP contribution in [0.2, 0.25) is 0 Å². The third-order valence-corrected chi connectivity index (χ3v) is 5.68. The molecule has 28 heavy (non-hydrogen) atoms. The number of phenolic OH excluding ortho intramolecular Hbond substituents is 1. The van der Waals surface area contributed by atoms with Crippen molar-refractivity contribution in [2.75, 3.05) is 37.6 Å². The number of carbonyl (C=O) groups excluding carboxylic acids is 1. The Kier molecular flexibility index (Phi) is 5.51. The largest absolute Gasteiger partial charge is 0.508 e. The number of nitrogens with one attached hydrogen (secondary N) is 1. The first-order chi connectivity index (χ1) is 13.7. The first-order valence-electron chi connectivity index (χ1n) is 10.0. The van der Waals surface area contributed by atoms with Gasteiger partial charge in [-0.05, 0) is 54.2 Å². The Hall–Kier alpha value is -2.95. The Balaban J connectivity index is 1.24. The molecule has 2 aliphatic heterocycles. The molecule has 0 spiro atoms. The van der Waals surface area contributed by atoms with Gasteiger partial charge < -0.3 is 20.2 Å². The highest BCUT2D eigenvalue weighted by molar-refractivity contribution is 5.76. The Bertz CT molecular complexity index is 833. The molecule has 1 fully saturated rings. The second-order valence-corrected chi connectivity index (χ2v) is 7.59. The summed E-state index contributed by atoms with van der Waals surface area (Å²) in [6.07, 6.45) is 4.06. The van der Waals surface area contributed by atoms with E-state index in [0.717, 1.165) is 44.6 Å². The molecule has 0 aromatic heterocycles. The first kappa shape index (κ1) is 18.4. The summed E-state index contributed by atoms with van der Waals surface area (Å²) in [6.45, 7) is 4.12. The van der Waals surface area contributed by atoms with E-state index in [-0.39, 0.29) is 11.8 Å². The standard InChI is InChI=1S/C23H27N3O2/c27-22-8-6-19(7-9-22)20-11-14-25(15-12-20)23(28)24-16-18-10-13-26(17-18)21-4-2-1-3-5-21/h1-9,11,18,27H,10,12-17H2,(H,24,28)/t18-/m0/s1. The van der Waals surface area contributed by atoms with Crippen LogP contribution in [0.3, 0.4) is 0 Å². The highest BCUT2D eigenvalue weighted by Crippen LogP contribution is 2.25. The van der Waals surface area contributed by atoms with Crippen molar-refractivity contribution in [1.29, 1.82) is 0 Å². The van der Waals surface area contributed by atoms with Crippen molar-refractivity contribution in [1.82, 2.24) is 10.2 Å². The number of aromatic hydroxyl groups is 1. The predicted octanol–water partition coefficient (Wildman–Crippen LogP) is 3.72. The molecule has 0 radical (unpaired) electrons. The summed E-state index contributed by atoms with van der Waals surface area (Å²) in [4.78, 5) is 16.8. The molecule has 2 aromatic rings. The Morgan fingerprint density at radius 3 is 2.57 bits per heavy atom. The number of carbonyl (C=O) groups is 1. The number of nitrogens with zero attached hydrogens (tertiary/aromatic N) is 2. The molecule has 146 valence electrons. The Morgan fingerprint density at radius 1 is 1.07 bits per heavy atom. The van der Waals surface area contributed by atoms with E-state index < -0.39 is 0 Å². The van der Waals surface area contributed by atoms with Gasteiger partial charge in [0.25, 0.3) is 0 Å². The van der Waals surface area contributed by atoms with Crippen LogP contribution in [0.4, 0.5) is 10.5 Å². The topological polar surface area (TPSA) is 55.8 Å². The molecule has 0 unspecified atom stereocenters. The molecule has 2 amide bonds. The van der Waals surface area contributed by atoms with E-state index in [2.05, 4.69) is 40.6 Å². The van der Waals surface area contributed by atoms with Crippen LogP contribution in [-0.4, -0.2) is 48.8 Å². The number of urea groups is 1. The van der Waals surface area contributed by atoms with E-state index in [1.165, 1.54) is 11.3 Å². The zero-order valence-corrected chi connectivity index (χ0v) is 16.1. The van der Waals surface area contributed by atoms with Crippen LogP contribution in [0, 0.1) is 5.92 Å². The molecule has 0 aliphatic carbocycles. The highest BCUT2D eigenvalue weighted by atomic mass is 16.3. The van der Waals surface area contributed by atoms with Crippen LogP contribution in [0.25, 0.3) is 5.57 Å². The maximum absolute atomic E-state index is 12.5. The van der Waals surface area contributed by atoms with Crippen LogP contribution < -0.4 is 10.2 Å². The number of rotatable bonds is 4. The van der Waals surface area contributed by atoms with E-state index in [1.807, 2.05) is 23.1 Å². The number of hydrogen-bond acceptors (Lipinski definition) is 3. The van der Waals surface area contributed by atoms with Crippen LogP contribution in [0.1, 0.15) is 18.4 Å². The van der Waals surface area contributed by atoms with Crippen molar-refractivity contribution < 1.29 is 9.90 Å². The highest BCUT2D eigenvalue weighted by Gasteiger charge is 2.24. The lowest BCUT2D eigenvalue weighted by Gasteiger charge is -2.27. The van der Waals surface area contributed by atoms with Crippen LogP contribution >= 0.6 is 0 Å². The lowest BCUT2D eigenvalue weighted by molar-refractivity contribution is 0.201. The zero-order chi connectivity index (χ0) is 19.3. The summed E-state index contributed by atoms with van der Waals surface area (Å²) in [5.41, 5.74) is 3.61. The summed E-state index contributed by atoms with van der Waals surface area (Å²) in [5, 5.41) is 12.5. The molecule has 1 atom stereocenters. The number of para-hydroxylation sites is 1. The summed E-state index contributed by atoms with van der Waals surface area (Å²) in [5.74, 6) is 0.774. The van der Waals surface area contributed by atoms with Crippen molar-refractivity contribution in [3.8, 4) is 5.75 Å². The fourth-order valence-electron chi connectivity index (χ4n) is 4.01. The smallest absolute Gasteiger partial charge is 0.317 e. The van der Waals surface area contributed by atoms with Gasteiger partial charge in [0.15, 0.2) is 0 Å². The summed E-state index contributed by atoms with van der Waals surface area (Å²) in [6, 6.07) is 17.8. The van der Waals surface area contributed by atoms with Crippen molar-refractivity contribution in [3.05, 3.63) is 66.2 Å². The van der Waals surface area contributed by atoms with Gasteiger partial charge in [-0.2, -0.15) is 0 Å².